The summed E-state index contributed by atoms with van der Waals surface area (Å²) in [6, 6.07) is 5.29. The molecule has 0 aliphatic carbocycles. The minimum absolute atomic E-state index is 0.316. The second kappa shape index (κ2) is 5.70. The van der Waals surface area contributed by atoms with Gasteiger partial charge in [0.1, 0.15) is 0 Å². The number of nitrogens with one attached hydrogen (secondary N) is 1. The third kappa shape index (κ3) is 2.66. The van der Waals surface area contributed by atoms with Crippen LogP contribution in [0.5, 0.6) is 0 Å². The molecule has 1 aromatic rings. The summed E-state index contributed by atoms with van der Waals surface area (Å²) in [5.74, 6) is 0.773. The predicted octanol–water partition coefficient (Wildman–Crippen LogP) is 2.99. The Kier molecular flexibility index (Phi) is 4.23. The third-order valence-electron chi connectivity index (χ3n) is 4.35. The zero-order valence-corrected chi connectivity index (χ0v) is 12.0. The van der Waals surface area contributed by atoms with E-state index >= 15 is 0 Å². The second-order valence-electron chi connectivity index (χ2n) is 5.51. The molecule has 1 aliphatic heterocycles. The van der Waals surface area contributed by atoms with Gasteiger partial charge in [0.25, 0.3) is 0 Å². The first-order chi connectivity index (χ1) is 8.63. The Bertz CT molecular complexity index is 374. The third-order valence-corrected chi connectivity index (χ3v) is 4.35. The van der Waals surface area contributed by atoms with Crippen LogP contribution in [0.4, 0.5) is 5.69 Å². The number of pyridine rings is 1. The highest BCUT2D eigenvalue weighted by Crippen LogP contribution is 2.28. The molecule has 0 aromatic carbocycles. The Balaban J connectivity index is 2.13. The molecular formula is C15H25N3. The van der Waals surface area contributed by atoms with Gasteiger partial charge in [0.05, 0.1) is 17.6 Å². The summed E-state index contributed by atoms with van der Waals surface area (Å²) in [7, 11) is 1.97. The number of anilines is 1. The van der Waals surface area contributed by atoms with Crippen LogP contribution in [-0.2, 0) is 0 Å². The smallest absolute Gasteiger partial charge is 0.0571 e. The highest BCUT2D eigenvalue weighted by Gasteiger charge is 2.24. The van der Waals surface area contributed by atoms with Gasteiger partial charge in [0, 0.05) is 18.6 Å². The van der Waals surface area contributed by atoms with Crippen LogP contribution in [0.25, 0.3) is 0 Å². The van der Waals surface area contributed by atoms with Crippen molar-refractivity contribution >= 4 is 5.69 Å². The summed E-state index contributed by atoms with van der Waals surface area (Å²) in [6.45, 7) is 7.97. The van der Waals surface area contributed by atoms with E-state index in [-0.39, 0.29) is 0 Å². The first-order valence-corrected chi connectivity index (χ1v) is 7.03. The first kappa shape index (κ1) is 13.3. The molecule has 0 radical (unpaired) electrons. The van der Waals surface area contributed by atoms with Gasteiger partial charge in [-0.05, 0) is 51.8 Å². The molecule has 0 spiro atoms. The first-order valence-electron chi connectivity index (χ1n) is 7.03. The lowest BCUT2D eigenvalue weighted by atomic mass is 9.92. The minimum atomic E-state index is 0.316. The lowest BCUT2D eigenvalue weighted by Gasteiger charge is -2.39. The van der Waals surface area contributed by atoms with E-state index in [4.69, 9.17) is 0 Å². The van der Waals surface area contributed by atoms with Gasteiger partial charge in [-0.2, -0.15) is 0 Å². The SMILES string of the molecule is CNC(C)c1ccc(N2CCCC(C)C2C)cn1. The van der Waals surface area contributed by atoms with E-state index in [1.807, 2.05) is 13.2 Å². The van der Waals surface area contributed by atoms with Crippen LogP contribution in [0.2, 0.25) is 0 Å². The number of hydrogen-bond donors (Lipinski definition) is 1. The van der Waals surface area contributed by atoms with Gasteiger partial charge in [-0.25, -0.2) is 0 Å². The molecule has 3 unspecified atom stereocenters. The zero-order valence-electron chi connectivity index (χ0n) is 12.0. The molecule has 1 aromatic heterocycles. The topological polar surface area (TPSA) is 28.2 Å². The molecule has 100 valence electrons. The number of hydrogen-bond acceptors (Lipinski definition) is 3. The van der Waals surface area contributed by atoms with Crippen molar-refractivity contribution in [1.29, 1.82) is 0 Å². The average molecular weight is 247 g/mol. The summed E-state index contributed by atoms with van der Waals surface area (Å²) in [5.41, 5.74) is 2.38. The minimum Gasteiger partial charge on any atom is -0.367 e. The largest absolute Gasteiger partial charge is 0.367 e. The van der Waals surface area contributed by atoms with E-state index in [9.17, 15) is 0 Å². The van der Waals surface area contributed by atoms with Crippen molar-refractivity contribution in [1.82, 2.24) is 10.3 Å². The van der Waals surface area contributed by atoms with Crippen LogP contribution >= 0.6 is 0 Å². The lowest BCUT2D eigenvalue weighted by Crippen LogP contribution is -2.42. The average Bonchev–Trinajstić information content (AvgIpc) is 2.41. The van der Waals surface area contributed by atoms with Crippen molar-refractivity contribution in [2.45, 2.75) is 45.7 Å². The molecule has 0 bridgehead atoms. The maximum atomic E-state index is 4.58. The van der Waals surface area contributed by atoms with Gasteiger partial charge in [0.2, 0.25) is 0 Å². The molecule has 2 heterocycles. The Morgan fingerprint density at radius 2 is 2.17 bits per heavy atom. The van der Waals surface area contributed by atoms with Crippen LogP contribution in [0.1, 0.15) is 45.3 Å². The van der Waals surface area contributed by atoms with Crippen LogP contribution in [0, 0.1) is 5.92 Å². The Morgan fingerprint density at radius 3 is 2.78 bits per heavy atom. The van der Waals surface area contributed by atoms with Crippen LogP contribution < -0.4 is 10.2 Å². The molecule has 0 amide bonds. The van der Waals surface area contributed by atoms with Gasteiger partial charge in [-0.1, -0.05) is 6.92 Å². The van der Waals surface area contributed by atoms with E-state index in [0.717, 1.165) is 18.2 Å². The Hall–Kier alpha value is -1.09. The number of nitrogens with zero attached hydrogens (tertiary/aromatic N) is 2. The van der Waals surface area contributed by atoms with Gasteiger partial charge in [-0.3, -0.25) is 4.98 Å². The van der Waals surface area contributed by atoms with Gasteiger partial charge >= 0.3 is 0 Å². The summed E-state index contributed by atoms with van der Waals surface area (Å²) in [5, 5.41) is 3.22. The summed E-state index contributed by atoms with van der Waals surface area (Å²) >= 11 is 0. The van der Waals surface area contributed by atoms with E-state index in [1.54, 1.807) is 0 Å². The monoisotopic (exact) mass is 247 g/mol. The van der Waals surface area contributed by atoms with Crippen molar-refractivity contribution in [3.63, 3.8) is 0 Å². The molecule has 3 nitrogen and oxygen atoms in total. The lowest BCUT2D eigenvalue weighted by molar-refractivity contribution is 0.363. The van der Waals surface area contributed by atoms with Crippen molar-refractivity contribution in [2.75, 3.05) is 18.5 Å². The van der Waals surface area contributed by atoms with E-state index < -0.39 is 0 Å². The van der Waals surface area contributed by atoms with Gasteiger partial charge in [-0.15, -0.1) is 0 Å². The van der Waals surface area contributed by atoms with Gasteiger partial charge in [0.15, 0.2) is 0 Å². The molecule has 18 heavy (non-hydrogen) atoms. The number of rotatable bonds is 3. The molecule has 1 fully saturated rings. The normalized spacial score (nSPS) is 26.1. The Labute approximate surface area is 111 Å². The fourth-order valence-corrected chi connectivity index (χ4v) is 2.67. The highest BCUT2D eigenvalue weighted by atomic mass is 15.2. The van der Waals surface area contributed by atoms with Crippen molar-refractivity contribution < 1.29 is 0 Å². The highest BCUT2D eigenvalue weighted by molar-refractivity contribution is 5.46. The second-order valence-corrected chi connectivity index (χ2v) is 5.51. The molecule has 1 aliphatic rings. The molecule has 2 rings (SSSR count). The van der Waals surface area contributed by atoms with Crippen LogP contribution in [-0.4, -0.2) is 24.6 Å². The van der Waals surface area contributed by atoms with Crippen molar-refractivity contribution in [3.8, 4) is 0 Å². The molecule has 1 saturated heterocycles. The molecule has 0 saturated carbocycles. The standard InChI is InChI=1S/C15H25N3/c1-11-6-5-9-18(13(11)3)14-7-8-15(17-10-14)12(2)16-4/h7-8,10-13,16H,5-6,9H2,1-4H3. The van der Waals surface area contributed by atoms with Crippen molar-refractivity contribution in [2.24, 2.45) is 5.92 Å². The molecular weight excluding hydrogens is 222 g/mol. The predicted molar refractivity (Wildman–Crippen MR) is 76.9 cm³/mol. The Morgan fingerprint density at radius 1 is 1.39 bits per heavy atom. The van der Waals surface area contributed by atoms with E-state index in [0.29, 0.717) is 12.1 Å². The quantitative estimate of drug-likeness (QED) is 0.890. The van der Waals surface area contributed by atoms with Crippen LogP contribution in [0.3, 0.4) is 0 Å². The van der Waals surface area contributed by atoms with Crippen molar-refractivity contribution in [3.05, 3.63) is 24.0 Å². The fraction of sp³-hybridized carbons (Fsp3) is 0.667. The van der Waals surface area contributed by atoms with Gasteiger partial charge < -0.3 is 10.2 Å². The van der Waals surface area contributed by atoms with E-state index in [2.05, 4.69) is 48.1 Å². The summed E-state index contributed by atoms with van der Waals surface area (Å²) in [6.07, 6.45) is 4.66. The summed E-state index contributed by atoms with van der Waals surface area (Å²) in [4.78, 5) is 7.07. The van der Waals surface area contributed by atoms with E-state index in [1.165, 1.54) is 18.5 Å². The zero-order chi connectivity index (χ0) is 13.1. The summed E-state index contributed by atoms with van der Waals surface area (Å²) < 4.78 is 0. The number of aromatic nitrogens is 1. The number of piperidine rings is 1. The maximum Gasteiger partial charge on any atom is 0.0571 e. The molecule has 3 atom stereocenters. The maximum absolute atomic E-state index is 4.58. The van der Waals surface area contributed by atoms with Crippen LogP contribution in [0.15, 0.2) is 18.3 Å². The fourth-order valence-electron chi connectivity index (χ4n) is 2.67. The molecule has 3 heteroatoms. The molecule has 1 N–H and O–H groups in total.